The van der Waals surface area contributed by atoms with Crippen LogP contribution in [-0.2, 0) is 57.6 Å². The number of amides is 7. The Morgan fingerprint density at radius 2 is 0.935 bits per heavy atom. The third kappa shape index (κ3) is 18.2. The standard InChI is InChI=1S/C55H70N10O10S2/c1-32(38-29-58-40-23-13-12-22-37(38)40)46(64-52(71)44(28-36-20-10-5-11-21-36)61-50(69)42(60-48(67)39(57)30-76)26-34-16-6-3-7-17-34)53(72)59-41(24-14-15-25-56)49(68)65-47(33(2)66)54(73)62-43(27-35-18-8-4-9-19-35)51(70)63-45(31-77)55(74)75/h3-13,16-23,29,32-33,39,41-47,58,66,76-77H,14-15,24-28,30-31,56-57H2,1-2H3,(H,59,72)(H,60,67)(H,61,69)(H,62,73)(H,63,70)(H,64,71)(H,65,68)(H,74,75)/t32-,33-,39+,41+,42+,43+,44+,45+,46-,47+/m1/s1. The zero-order valence-electron chi connectivity index (χ0n) is 42.9. The fourth-order valence-corrected chi connectivity index (χ4v) is 8.95. The molecule has 0 saturated carbocycles. The molecule has 7 amide bonds. The van der Waals surface area contributed by atoms with Crippen molar-refractivity contribution in [2.45, 2.75) is 113 Å². The lowest BCUT2D eigenvalue weighted by molar-refractivity contribution is -0.141. The number of carbonyl (C=O) groups excluding carboxylic acids is 7. The van der Waals surface area contributed by atoms with E-state index in [1.54, 1.807) is 104 Å². The minimum Gasteiger partial charge on any atom is -0.480 e. The fourth-order valence-electron chi connectivity index (χ4n) is 8.53. The van der Waals surface area contributed by atoms with Crippen LogP contribution in [0.4, 0.5) is 0 Å². The van der Waals surface area contributed by atoms with Crippen LogP contribution in [0.3, 0.4) is 0 Å². The van der Waals surface area contributed by atoms with E-state index in [-0.39, 0.29) is 43.7 Å². The molecule has 0 spiro atoms. The number of unbranched alkanes of at least 4 members (excludes halogenated alkanes) is 1. The molecule has 4 aromatic carbocycles. The number of nitrogens with two attached hydrogens (primary N) is 2. The lowest BCUT2D eigenvalue weighted by Gasteiger charge is -2.30. The topological polar surface area (TPSA) is 329 Å². The zero-order chi connectivity index (χ0) is 56.0. The summed E-state index contributed by atoms with van der Waals surface area (Å²) < 4.78 is 0. The smallest absolute Gasteiger partial charge is 0.327 e. The quantitative estimate of drug-likeness (QED) is 0.0228. The van der Waals surface area contributed by atoms with Crippen LogP contribution in [0.25, 0.3) is 10.9 Å². The van der Waals surface area contributed by atoms with Gasteiger partial charge in [0.05, 0.1) is 12.1 Å². The highest BCUT2D eigenvalue weighted by atomic mass is 32.1. The second-order valence-electron chi connectivity index (χ2n) is 18.8. The van der Waals surface area contributed by atoms with E-state index in [1.165, 1.54) is 6.92 Å². The number of H-pyrrole nitrogens is 1. The number of carboxylic acid groups (broad SMARTS) is 1. The van der Waals surface area contributed by atoms with Crippen LogP contribution in [0.5, 0.6) is 0 Å². The van der Waals surface area contributed by atoms with Gasteiger partial charge in [0.15, 0.2) is 0 Å². The van der Waals surface area contributed by atoms with Gasteiger partial charge in [0.2, 0.25) is 41.4 Å². The Morgan fingerprint density at radius 1 is 0.519 bits per heavy atom. The molecule has 10 atom stereocenters. The summed E-state index contributed by atoms with van der Waals surface area (Å²) in [6.07, 6.45) is 0.778. The Bertz CT molecular complexity index is 2750. The first-order chi connectivity index (χ1) is 36.9. The van der Waals surface area contributed by atoms with E-state index in [0.29, 0.717) is 35.1 Å². The van der Waals surface area contributed by atoms with Gasteiger partial charge in [-0.1, -0.05) is 116 Å². The molecule has 0 bridgehead atoms. The maximum Gasteiger partial charge on any atom is 0.327 e. The summed E-state index contributed by atoms with van der Waals surface area (Å²) in [5.41, 5.74) is 15.2. The molecule has 77 heavy (non-hydrogen) atoms. The molecule has 412 valence electrons. The lowest BCUT2D eigenvalue weighted by atomic mass is 9.91. The molecule has 0 aliphatic rings. The van der Waals surface area contributed by atoms with Crippen LogP contribution >= 0.6 is 25.3 Å². The normalized spacial score (nSPS) is 15.1. The van der Waals surface area contributed by atoms with E-state index < -0.39 is 108 Å². The lowest BCUT2D eigenvalue weighted by Crippen LogP contribution is -2.62. The Hall–Kier alpha value is -7.24. The molecular formula is C55H70N10O10S2. The summed E-state index contributed by atoms with van der Waals surface area (Å²) in [7, 11) is 0. The van der Waals surface area contributed by atoms with E-state index in [4.69, 9.17) is 11.5 Å². The van der Waals surface area contributed by atoms with Gasteiger partial charge < -0.3 is 63.9 Å². The molecule has 22 heteroatoms. The number of aliphatic carboxylic acids is 1. The van der Waals surface area contributed by atoms with Crippen molar-refractivity contribution in [1.82, 2.24) is 42.2 Å². The van der Waals surface area contributed by atoms with Gasteiger partial charge in [0.1, 0.15) is 42.3 Å². The molecule has 1 heterocycles. The average Bonchev–Trinajstić information content (AvgIpc) is 3.87. The number of nitrogens with one attached hydrogen (secondary N) is 8. The first-order valence-electron chi connectivity index (χ1n) is 25.3. The van der Waals surface area contributed by atoms with E-state index in [1.807, 2.05) is 24.3 Å². The number of thiol groups is 2. The molecule has 0 fully saturated rings. The van der Waals surface area contributed by atoms with Crippen LogP contribution in [-0.4, -0.2) is 135 Å². The van der Waals surface area contributed by atoms with Crippen molar-refractivity contribution in [3.8, 4) is 0 Å². The number of aliphatic hydroxyl groups is 1. The Kier molecular flexibility index (Phi) is 24.0. The van der Waals surface area contributed by atoms with E-state index >= 15 is 4.79 Å². The van der Waals surface area contributed by atoms with Gasteiger partial charge >= 0.3 is 5.97 Å². The highest BCUT2D eigenvalue weighted by Gasteiger charge is 2.38. The zero-order valence-corrected chi connectivity index (χ0v) is 44.7. The highest BCUT2D eigenvalue weighted by Crippen LogP contribution is 2.28. The Morgan fingerprint density at radius 3 is 1.42 bits per heavy atom. The van der Waals surface area contributed by atoms with Crippen molar-refractivity contribution in [1.29, 1.82) is 0 Å². The summed E-state index contributed by atoms with van der Waals surface area (Å²) in [5, 5.41) is 40.0. The minimum atomic E-state index is -1.70. The van der Waals surface area contributed by atoms with Crippen LogP contribution < -0.4 is 48.7 Å². The summed E-state index contributed by atoms with van der Waals surface area (Å²) in [5.74, 6) is -8.11. The average molecular weight is 1100 g/mol. The third-order valence-electron chi connectivity index (χ3n) is 12.9. The van der Waals surface area contributed by atoms with Gasteiger partial charge in [0.25, 0.3) is 0 Å². The number of hydrogen-bond donors (Lipinski definition) is 14. The van der Waals surface area contributed by atoms with E-state index in [0.717, 1.165) is 10.9 Å². The largest absolute Gasteiger partial charge is 0.480 e. The summed E-state index contributed by atoms with van der Waals surface area (Å²) in [4.78, 5) is 115. The number of benzene rings is 4. The van der Waals surface area contributed by atoms with Crippen LogP contribution in [0, 0.1) is 0 Å². The van der Waals surface area contributed by atoms with Crippen molar-refractivity contribution >= 4 is 83.5 Å². The molecule has 5 aromatic rings. The first-order valence-corrected chi connectivity index (χ1v) is 26.6. The van der Waals surface area contributed by atoms with E-state index in [2.05, 4.69) is 67.5 Å². The van der Waals surface area contributed by atoms with Crippen molar-refractivity contribution in [2.75, 3.05) is 18.1 Å². The SMILES string of the molecule is C[C@H](c1c[nH]c2ccccc12)[C@@H](NC(=O)[C@H](Cc1ccccc1)NC(=O)[C@H](Cc1ccccc1)NC(=O)[C@@H](N)CS)C(=O)N[C@@H](CCCCN)C(=O)N[C@H](C(=O)N[C@@H](Cc1ccccc1)C(=O)N[C@@H](CS)C(=O)O)[C@@H](C)O. The number of carboxylic acids is 1. The van der Waals surface area contributed by atoms with Crippen molar-refractivity contribution in [2.24, 2.45) is 11.5 Å². The predicted molar refractivity (Wildman–Crippen MR) is 299 cm³/mol. The molecule has 0 aliphatic carbocycles. The van der Waals surface area contributed by atoms with Crippen LogP contribution in [0.1, 0.15) is 61.3 Å². The van der Waals surface area contributed by atoms with Crippen LogP contribution in [0.15, 0.2) is 121 Å². The number of rotatable bonds is 30. The van der Waals surface area contributed by atoms with Crippen molar-refractivity contribution < 1.29 is 48.6 Å². The van der Waals surface area contributed by atoms with Crippen molar-refractivity contribution in [3.05, 3.63) is 144 Å². The maximum absolute atomic E-state index is 15.0. The van der Waals surface area contributed by atoms with Gasteiger partial charge in [-0.3, -0.25) is 33.6 Å². The number of carbonyl (C=O) groups is 8. The van der Waals surface area contributed by atoms with Gasteiger partial charge in [-0.2, -0.15) is 25.3 Å². The van der Waals surface area contributed by atoms with Gasteiger partial charge in [0, 0.05) is 53.8 Å². The summed E-state index contributed by atoms with van der Waals surface area (Å²) in [6.45, 7) is 3.20. The number of aromatic nitrogens is 1. The molecule has 5 rings (SSSR count). The van der Waals surface area contributed by atoms with E-state index in [9.17, 15) is 43.8 Å². The van der Waals surface area contributed by atoms with Gasteiger partial charge in [-0.15, -0.1) is 0 Å². The maximum atomic E-state index is 15.0. The number of para-hydroxylation sites is 1. The second kappa shape index (κ2) is 30.5. The first kappa shape index (κ1) is 60.6. The molecule has 20 nitrogen and oxygen atoms in total. The molecular weight excluding hydrogens is 1020 g/mol. The highest BCUT2D eigenvalue weighted by molar-refractivity contribution is 7.80. The molecule has 0 unspecified atom stereocenters. The summed E-state index contributed by atoms with van der Waals surface area (Å²) >= 11 is 8.18. The number of aromatic amines is 1. The molecule has 14 N–H and O–H groups in total. The fraction of sp³-hybridized carbons (Fsp3) is 0.382. The van der Waals surface area contributed by atoms with Crippen LogP contribution in [0.2, 0.25) is 0 Å². The Balaban J connectivity index is 1.47. The Labute approximate surface area is 458 Å². The monoisotopic (exact) mass is 1090 g/mol. The molecule has 0 radical (unpaired) electrons. The molecule has 0 aliphatic heterocycles. The number of aliphatic hydroxyl groups excluding tert-OH is 1. The van der Waals surface area contributed by atoms with Gasteiger partial charge in [-0.05, 0) is 61.1 Å². The second-order valence-corrected chi connectivity index (χ2v) is 19.5. The molecule has 0 saturated heterocycles. The van der Waals surface area contributed by atoms with Crippen molar-refractivity contribution in [3.63, 3.8) is 0 Å². The van der Waals surface area contributed by atoms with Gasteiger partial charge in [-0.25, -0.2) is 4.79 Å². The molecule has 1 aromatic heterocycles. The number of fused-ring (bicyclic) bond motifs is 1. The third-order valence-corrected chi connectivity index (χ3v) is 13.7. The predicted octanol–water partition coefficient (Wildman–Crippen LogP) is 1.17. The summed E-state index contributed by atoms with van der Waals surface area (Å²) in [6, 6.07) is 22.8. The number of hydrogen-bond acceptors (Lipinski definition) is 13. The minimum absolute atomic E-state index is 0.000562.